The van der Waals surface area contributed by atoms with Crippen molar-refractivity contribution in [3.63, 3.8) is 0 Å². The van der Waals surface area contributed by atoms with Crippen molar-refractivity contribution in [1.29, 1.82) is 0 Å². The maximum atomic E-state index is 9.83. The predicted molar refractivity (Wildman–Crippen MR) is 84.7 cm³/mol. The largest absolute Gasteiger partial charge is 0.506 e. The zero-order valence-electron chi connectivity index (χ0n) is 11.5. The number of rotatable bonds is 3. The Labute approximate surface area is 127 Å². The number of aromatic nitrogens is 2. The number of benzene rings is 1. The van der Waals surface area contributed by atoms with Crippen LogP contribution in [-0.4, -0.2) is 15.1 Å². The number of hydrogen-bond acceptors (Lipinski definition) is 4. The third-order valence-corrected chi connectivity index (χ3v) is 3.56. The molecular formula is C16H14ClN3O. The Morgan fingerprint density at radius 3 is 2.90 bits per heavy atom. The molecule has 3 rings (SSSR count). The highest BCUT2D eigenvalue weighted by molar-refractivity contribution is 6.35. The van der Waals surface area contributed by atoms with E-state index in [9.17, 15) is 5.11 Å². The summed E-state index contributed by atoms with van der Waals surface area (Å²) in [7, 11) is 0. The minimum Gasteiger partial charge on any atom is -0.506 e. The fraction of sp³-hybridized carbons (Fsp3) is 0.125. The van der Waals surface area contributed by atoms with Crippen molar-refractivity contribution in [3.8, 4) is 5.75 Å². The zero-order valence-corrected chi connectivity index (χ0v) is 12.2. The summed E-state index contributed by atoms with van der Waals surface area (Å²) in [6, 6.07) is 11.0. The molecule has 2 N–H and O–H groups in total. The smallest absolute Gasteiger partial charge is 0.138 e. The van der Waals surface area contributed by atoms with Gasteiger partial charge in [0.25, 0.3) is 0 Å². The molecule has 0 amide bonds. The Morgan fingerprint density at radius 2 is 2.05 bits per heavy atom. The van der Waals surface area contributed by atoms with Crippen LogP contribution >= 0.6 is 11.6 Å². The molecule has 21 heavy (non-hydrogen) atoms. The van der Waals surface area contributed by atoms with E-state index in [0.29, 0.717) is 17.3 Å². The van der Waals surface area contributed by atoms with E-state index in [1.54, 1.807) is 18.3 Å². The molecule has 0 aliphatic heterocycles. The minimum atomic E-state index is 0.185. The monoisotopic (exact) mass is 299 g/mol. The molecule has 2 aromatic heterocycles. The highest BCUT2D eigenvalue weighted by atomic mass is 35.5. The van der Waals surface area contributed by atoms with Crippen LogP contribution in [0.5, 0.6) is 5.75 Å². The molecule has 0 fully saturated rings. The van der Waals surface area contributed by atoms with Gasteiger partial charge >= 0.3 is 0 Å². The van der Waals surface area contributed by atoms with Gasteiger partial charge in [-0.05, 0) is 43.3 Å². The van der Waals surface area contributed by atoms with Gasteiger partial charge in [-0.2, -0.15) is 0 Å². The average Bonchev–Trinajstić information content (AvgIpc) is 2.50. The van der Waals surface area contributed by atoms with Crippen molar-refractivity contribution in [2.45, 2.75) is 13.5 Å². The van der Waals surface area contributed by atoms with Gasteiger partial charge in [0.15, 0.2) is 0 Å². The van der Waals surface area contributed by atoms with Crippen molar-refractivity contribution in [2.75, 3.05) is 5.32 Å². The molecule has 0 saturated heterocycles. The standard InChI is InChI=1S/C16H14ClN3O/c1-10-4-7-15(21)14(20-10)9-19-13-6-5-12(17)16-11(13)3-2-8-18-16/h2-8,19,21H,9H2,1H3. The molecule has 0 unspecified atom stereocenters. The van der Waals surface area contributed by atoms with Crippen LogP contribution < -0.4 is 5.32 Å². The number of halogens is 1. The summed E-state index contributed by atoms with van der Waals surface area (Å²) < 4.78 is 0. The van der Waals surface area contributed by atoms with Gasteiger partial charge in [-0.15, -0.1) is 0 Å². The van der Waals surface area contributed by atoms with Crippen LogP contribution in [0.3, 0.4) is 0 Å². The van der Waals surface area contributed by atoms with Crippen LogP contribution in [0.4, 0.5) is 5.69 Å². The summed E-state index contributed by atoms with van der Waals surface area (Å²) in [5, 5.41) is 14.7. The summed E-state index contributed by atoms with van der Waals surface area (Å²) in [6.45, 7) is 2.32. The van der Waals surface area contributed by atoms with E-state index in [1.807, 2.05) is 31.2 Å². The lowest BCUT2D eigenvalue weighted by Crippen LogP contribution is -2.03. The Morgan fingerprint density at radius 1 is 1.19 bits per heavy atom. The van der Waals surface area contributed by atoms with Crippen molar-refractivity contribution < 1.29 is 5.11 Å². The van der Waals surface area contributed by atoms with Crippen molar-refractivity contribution in [2.24, 2.45) is 0 Å². The number of hydrogen-bond donors (Lipinski definition) is 2. The second kappa shape index (κ2) is 5.58. The van der Waals surface area contributed by atoms with Gasteiger partial charge in [-0.3, -0.25) is 9.97 Å². The summed E-state index contributed by atoms with van der Waals surface area (Å²) in [5.74, 6) is 0.185. The Kier molecular flexibility index (Phi) is 3.62. The molecular weight excluding hydrogens is 286 g/mol. The molecule has 0 aliphatic rings. The predicted octanol–water partition coefficient (Wildman–Crippen LogP) is 3.91. The third kappa shape index (κ3) is 2.76. The van der Waals surface area contributed by atoms with Crippen molar-refractivity contribution in [1.82, 2.24) is 9.97 Å². The van der Waals surface area contributed by atoms with Crippen LogP contribution in [0, 0.1) is 6.92 Å². The first kappa shape index (κ1) is 13.6. The van der Waals surface area contributed by atoms with Crippen LogP contribution in [0.25, 0.3) is 10.9 Å². The van der Waals surface area contributed by atoms with Gasteiger partial charge in [0.1, 0.15) is 11.4 Å². The Balaban J connectivity index is 1.92. The van der Waals surface area contributed by atoms with E-state index in [2.05, 4.69) is 15.3 Å². The lowest BCUT2D eigenvalue weighted by molar-refractivity contribution is 0.464. The quantitative estimate of drug-likeness (QED) is 0.770. The maximum absolute atomic E-state index is 9.83. The van der Waals surface area contributed by atoms with Crippen molar-refractivity contribution in [3.05, 3.63) is 59.0 Å². The van der Waals surface area contributed by atoms with Gasteiger partial charge < -0.3 is 10.4 Å². The van der Waals surface area contributed by atoms with Crippen LogP contribution in [-0.2, 0) is 6.54 Å². The van der Waals surface area contributed by atoms with Gasteiger partial charge in [0.05, 0.1) is 17.1 Å². The van der Waals surface area contributed by atoms with Crippen LogP contribution in [0.15, 0.2) is 42.6 Å². The minimum absolute atomic E-state index is 0.185. The molecule has 0 radical (unpaired) electrons. The van der Waals surface area contributed by atoms with E-state index in [1.165, 1.54) is 0 Å². The fourth-order valence-corrected chi connectivity index (χ4v) is 2.42. The first-order valence-electron chi connectivity index (χ1n) is 6.58. The van der Waals surface area contributed by atoms with Crippen molar-refractivity contribution >= 4 is 28.2 Å². The summed E-state index contributed by atoms with van der Waals surface area (Å²) in [4.78, 5) is 8.62. The lowest BCUT2D eigenvalue weighted by atomic mass is 10.1. The van der Waals surface area contributed by atoms with Gasteiger partial charge in [-0.25, -0.2) is 0 Å². The molecule has 0 saturated carbocycles. The highest BCUT2D eigenvalue weighted by Gasteiger charge is 2.07. The summed E-state index contributed by atoms with van der Waals surface area (Å²) >= 11 is 6.15. The number of aryl methyl sites for hydroxylation is 1. The average molecular weight is 300 g/mol. The SMILES string of the molecule is Cc1ccc(O)c(CNc2ccc(Cl)c3ncccc23)n1. The molecule has 5 heteroatoms. The Bertz CT molecular complexity index is 805. The van der Waals surface area contributed by atoms with Crippen LogP contribution in [0.1, 0.15) is 11.4 Å². The molecule has 3 aromatic rings. The normalized spacial score (nSPS) is 10.8. The molecule has 0 spiro atoms. The Hall–Kier alpha value is -2.33. The number of fused-ring (bicyclic) bond motifs is 1. The topological polar surface area (TPSA) is 58.0 Å². The summed E-state index contributed by atoms with van der Waals surface area (Å²) in [6.07, 6.45) is 1.71. The molecule has 106 valence electrons. The number of aromatic hydroxyl groups is 1. The van der Waals surface area contributed by atoms with E-state index < -0.39 is 0 Å². The lowest BCUT2D eigenvalue weighted by Gasteiger charge is -2.11. The fourth-order valence-electron chi connectivity index (χ4n) is 2.20. The maximum Gasteiger partial charge on any atom is 0.138 e. The van der Waals surface area contributed by atoms with E-state index in [0.717, 1.165) is 22.3 Å². The van der Waals surface area contributed by atoms with Gasteiger partial charge in [-0.1, -0.05) is 11.6 Å². The molecule has 0 aliphatic carbocycles. The molecule has 1 aromatic carbocycles. The number of nitrogens with one attached hydrogen (secondary N) is 1. The second-order valence-electron chi connectivity index (χ2n) is 4.77. The van der Waals surface area contributed by atoms with E-state index >= 15 is 0 Å². The number of pyridine rings is 2. The molecule has 0 bridgehead atoms. The molecule has 4 nitrogen and oxygen atoms in total. The van der Waals surface area contributed by atoms with Gasteiger partial charge in [0, 0.05) is 23.0 Å². The first-order valence-corrected chi connectivity index (χ1v) is 6.95. The van der Waals surface area contributed by atoms with Crippen LogP contribution in [0.2, 0.25) is 5.02 Å². The molecule has 2 heterocycles. The third-order valence-electron chi connectivity index (χ3n) is 3.26. The summed E-state index contributed by atoms with van der Waals surface area (Å²) in [5.41, 5.74) is 3.14. The van der Waals surface area contributed by atoms with E-state index in [-0.39, 0.29) is 5.75 Å². The molecule has 0 atom stereocenters. The van der Waals surface area contributed by atoms with Gasteiger partial charge in [0.2, 0.25) is 0 Å². The first-order chi connectivity index (χ1) is 10.1. The highest BCUT2D eigenvalue weighted by Crippen LogP contribution is 2.28. The number of nitrogens with zero attached hydrogens (tertiary/aromatic N) is 2. The zero-order chi connectivity index (χ0) is 14.8. The van der Waals surface area contributed by atoms with E-state index in [4.69, 9.17) is 11.6 Å². The second-order valence-corrected chi connectivity index (χ2v) is 5.17. The number of anilines is 1.